The van der Waals surface area contributed by atoms with Crippen molar-refractivity contribution in [1.29, 1.82) is 0 Å². The predicted molar refractivity (Wildman–Crippen MR) is 50.0 cm³/mol. The molecule has 0 amide bonds. The molecule has 0 unspecified atom stereocenters. The van der Waals surface area contributed by atoms with E-state index >= 15 is 0 Å². The third kappa shape index (κ3) is 6.54. The van der Waals surface area contributed by atoms with Crippen molar-refractivity contribution in [3.63, 3.8) is 0 Å². The molecule has 0 radical (unpaired) electrons. The maximum atomic E-state index is 5.72. The fourth-order valence-electron chi connectivity index (χ4n) is 0.763. The summed E-state index contributed by atoms with van der Waals surface area (Å²) in [4.78, 5) is 0. The molecule has 0 aromatic carbocycles. The summed E-state index contributed by atoms with van der Waals surface area (Å²) >= 11 is 2.39. The third-order valence-corrected chi connectivity index (χ3v) is 1.60. The molecule has 0 saturated heterocycles. The Balaban J connectivity index is 3.15. The van der Waals surface area contributed by atoms with Crippen LogP contribution in [0.5, 0.6) is 0 Å². The van der Waals surface area contributed by atoms with Crippen LogP contribution in [0.25, 0.3) is 0 Å². The van der Waals surface area contributed by atoms with E-state index < -0.39 is 0 Å². The highest BCUT2D eigenvalue weighted by molar-refractivity contribution is 14.1. The lowest BCUT2D eigenvalue weighted by molar-refractivity contribution is 0.581. The molecule has 0 rings (SSSR count). The monoisotopic (exact) mass is 242 g/mol. The Labute approximate surface area is 70.7 Å². The molecule has 0 aliphatic rings. The van der Waals surface area contributed by atoms with Crippen LogP contribution in [0.3, 0.4) is 0 Å². The highest BCUT2D eigenvalue weighted by Gasteiger charge is 2.03. The lowest BCUT2D eigenvalue weighted by Gasteiger charge is -2.11. The van der Waals surface area contributed by atoms with E-state index in [1.54, 1.807) is 0 Å². The van der Waals surface area contributed by atoms with Gasteiger partial charge in [-0.05, 0) is 13.5 Å². The number of hydrogen-bond acceptors (Lipinski definition) is 2. The fraction of sp³-hybridized carbons (Fsp3) is 1.00. The van der Waals surface area contributed by atoms with Crippen LogP contribution in [0.2, 0.25) is 0 Å². The Morgan fingerprint density at radius 3 is 2.56 bits per heavy atom. The largest absolute Gasteiger partial charge is 0.327 e. The standard InChI is InChI=1S/C6H15IN2/c1-5(7)3-6(8)4-9-2/h5-6,9H,3-4,8H2,1-2H3/t5-,6+/m1/s1. The number of nitrogens with two attached hydrogens (primary N) is 1. The summed E-state index contributed by atoms with van der Waals surface area (Å²) in [6, 6.07) is 0.321. The minimum atomic E-state index is 0.321. The van der Waals surface area contributed by atoms with Gasteiger partial charge in [0.15, 0.2) is 0 Å². The number of alkyl halides is 1. The summed E-state index contributed by atoms with van der Waals surface area (Å²) in [6.45, 7) is 3.10. The van der Waals surface area contributed by atoms with Crippen molar-refractivity contribution in [2.45, 2.75) is 23.3 Å². The lowest BCUT2D eigenvalue weighted by Crippen LogP contribution is -2.33. The molecule has 0 aliphatic heterocycles. The molecule has 0 saturated carbocycles. The van der Waals surface area contributed by atoms with Gasteiger partial charge in [0.1, 0.15) is 0 Å². The van der Waals surface area contributed by atoms with Crippen LogP contribution >= 0.6 is 22.6 Å². The second kappa shape index (κ2) is 5.44. The van der Waals surface area contributed by atoms with Crippen molar-refractivity contribution in [1.82, 2.24) is 5.32 Å². The van der Waals surface area contributed by atoms with Gasteiger partial charge in [-0.3, -0.25) is 0 Å². The van der Waals surface area contributed by atoms with Crippen molar-refractivity contribution in [3.05, 3.63) is 0 Å². The van der Waals surface area contributed by atoms with Gasteiger partial charge in [0.2, 0.25) is 0 Å². The molecule has 56 valence electrons. The molecule has 2 nitrogen and oxygen atoms in total. The van der Waals surface area contributed by atoms with Crippen molar-refractivity contribution < 1.29 is 0 Å². The van der Waals surface area contributed by atoms with Crippen LogP contribution in [0, 0.1) is 0 Å². The van der Waals surface area contributed by atoms with Crippen LogP contribution in [0.1, 0.15) is 13.3 Å². The van der Waals surface area contributed by atoms with Gasteiger partial charge in [0, 0.05) is 16.5 Å². The summed E-state index contributed by atoms with van der Waals surface area (Å²) in [5.74, 6) is 0. The van der Waals surface area contributed by atoms with Crippen LogP contribution in [0.15, 0.2) is 0 Å². The Morgan fingerprint density at radius 2 is 2.22 bits per heavy atom. The van der Waals surface area contributed by atoms with E-state index in [0.29, 0.717) is 9.97 Å². The molecule has 0 fully saturated rings. The van der Waals surface area contributed by atoms with Gasteiger partial charge in [0.25, 0.3) is 0 Å². The first kappa shape index (κ1) is 9.65. The van der Waals surface area contributed by atoms with Crippen LogP contribution in [-0.4, -0.2) is 23.6 Å². The summed E-state index contributed by atoms with van der Waals surface area (Å²) in [7, 11) is 1.93. The number of hydrogen-bond donors (Lipinski definition) is 2. The van der Waals surface area contributed by atoms with Crippen LogP contribution in [0.4, 0.5) is 0 Å². The first-order chi connectivity index (χ1) is 4.16. The molecule has 3 N–H and O–H groups in total. The predicted octanol–water partition coefficient (Wildman–Crippen LogP) is 0.747. The van der Waals surface area contributed by atoms with Gasteiger partial charge < -0.3 is 11.1 Å². The molecule has 0 aromatic heterocycles. The normalized spacial score (nSPS) is 17.3. The maximum absolute atomic E-state index is 5.72. The van der Waals surface area contributed by atoms with Crippen molar-refractivity contribution >= 4 is 22.6 Å². The summed E-state index contributed by atoms with van der Waals surface area (Å²) in [6.07, 6.45) is 1.10. The molecule has 0 aliphatic carbocycles. The minimum Gasteiger partial charge on any atom is -0.327 e. The van der Waals surface area contributed by atoms with Crippen LogP contribution in [-0.2, 0) is 0 Å². The van der Waals surface area contributed by atoms with E-state index in [1.165, 1.54) is 0 Å². The Kier molecular flexibility index (Phi) is 5.83. The van der Waals surface area contributed by atoms with E-state index in [9.17, 15) is 0 Å². The number of likely N-dealkylation sites (N-methyl/N-ethyl adjacent to an activating group) is 1. The molecule has 9 heavy (non-hydrogen) atoms. The highest BCUT2D eigenvalue weighted by atomic mass is 127. The van der Waals surface area contributed by atoms with Crippen molar-refractivity contribution in [2.75, 3.05) is 13.6 Å². The quantitative estimate of drug-likeness (QED) is 0.564. The van der Waals surface area contributed by atoms with E-state index in [1.807, 2.05) is 7.05 Å². The fourth-order valence-corrected chi connectivity index (χ4v) is 1.42. The topological polar surface area (TPSA) is 38.0 Å². The summed E-state index contributed by atoms with van der Waals surface area (Å²) < 4.78 is 0.686. The Hall–Kier alpha value is 0.650. The molecule has 0 spiro atoms. The van der Waals surface area contributed by atoms with Gasteiger partial charge in [-0.1, -0.05) is 29.5 Å². The summed E-state index contributed by atoms with van der Waals surface area (Å²) in [5.41, 5.74) is 5.72. The number of nitrogens with one attached hydrogen (secondary N) is 1. The zero-order valence-electron chi connectivity index (χ0n) is 6.02. The van der Waals surface area contributed by atoms with Gasteiger partial charge in [-0.2, -0.15) is 0 Å². The smallest absolute Gasteiger partial charge is 0.0175 e. The molecule has 0 heterocycles. The highest BCUT2D eigenvalue weighted by Crippen LogP contribution is 2.05. The Morgan fingerprint density at radius 1 is 1.67 bits per heavy atom. The average Bonchev–Trinajstić information content (AvgIpc) is 1.63. The molecule has 3 heteroatoms. The summed E-state index contributed by atoms with van der Waals surface area (Å²) in [5, 5.41) is 3.04. The average molecular weight is 242 g/mol. The van der Waals surface area contributed by atoms with Crippen molar-refractivity contribution in [2.24, 2.45) is 5.73 Å². The lowest BCUT2D eigenvalue weighted by atomic mass is 10.2. The number of halogens is 1. The number of rotatable bonds is 4. The SMILES string of the molecule is CNC[C@@H](N)C[C@@H](C)I. The van der Waals surface area contributed by atoms with Crippen molar-refractivity contribution in [3.8, 4) is 0 Å². The zero-order chi connectivity index (χ0) is 7.28. The van der Waals surface area contributed by atoms with Crippen LogP contribution < -0.4 is 11.1 Å². The first-order valence-corrected chi connectivity index (χ1v) is 4.45. The van der Waals surface area contributed by atoms with E-state index in [2.05, 4.69) is 34.8 Å². The molecule has 0 aromatic rings. The zero-order valence-corrected chi connectivity index (χ0v) is 8.18. The van der Waals surface area contributed by atoms with Gasteiger partial charge >= 0.3 is 0 Å². The second-order valence-electron chi connectivity index (χ2n) is 2.33. The molecular weight excluding hydrogens is 227 g/mol. The molecule has 2 atom stereocenters. The Bertz CT molecular complexity index is 66.1. The van der Waals surface area contributed by atoms with E-state index in [4.69, 9.17) is 5.73 Å². The van der Waals surface area contributed by atoms with E-state index in [0.717, 1.165) is 13.0 Å². The van der Waals surface area contributed by atoms with E-state index in [-0.39, 0.29) is 0 Å². The second-order valence-corrected chi connectivity index (χ2v) is 4.46. The maximum Gasteiger partial charge on any atom is 0.0175 e. The molecule has 0 bridgehead atoms. The third-order valence-electron chi connectivity index (χ3n) is 1.09. The van der Waals surface area contributed by atoms with Gasteiger partial charge in [0.05, 0.1) is 0 Å². The molecular formula is C6H15IN2. The van der Waals surface area contributed by atoms with Gasteiger partial charge in [-0.15, -0.1) is 0 Å². The minimum absolute atomic E-state index is 0.321. The van der Waals surface area contributed by atoms with Gasteiger partial charge in [-0.25, -0.2) is 0 Å². The first-order valence-electron chi connectivity index (χ1n) is 3.21.